The van der Waals surface area contributed by atoms with E-state index >= 15 is 0 Å². The maximum absolute atomic E-state index is 13.7. The van der Waals surface area contributed by atoms with Crippen LogP contribution in [-0.4, -0.2) is 21.8 Å². The van der Waals surface area contributed by atoms with Crippen molar-refractivity contribution in [3.8, 4) is 5.69 Å². The highest BCUT2D eigenvalue weighted by atomic mass is 35.5. The first-order valence-corrected chi connectivity index (χ1v) is 12.0. The number of aromatic nitrogens is 1. The number of urea groups is 1. The fourth-order valence-corrected chi connectivity index (χ4v) is 4.96. The second kappa shape index (κ2) is 8.77. The molecule has 1 aromatic heterocycles. The summed E-state index contributed by atoms with van der Waals surface area (Å²) >= 11 is 8.30. The molecule has 0 saturated heterocycles. The van der Waals surface area contributed by atoms with Crippen LogP contribution in [0.2, 0.25) is 5.02 Å². The van der Waals surface area contributed by atoms with Gasteiger partial charge in [-0.3, -0.25) is 0 Å². The average molecular weight is 460 g/mol. The summed E-state index contributed by atoms with van der Waals surface area (Å²) in [5, 5.41) is 3.75. The van der Waals surface area contributed by atoms with Gasteiger partial charge in [-0.2, -0.15) is 0 Å². The van der Waals surface area contributed by atoms with Crippen molar-refractivity contribution in [1.29, 1.82) is 0 Å². The highest BCUT2D eigenvalue weighted by Gasteiger charge is 2.34. The SMILES string of the molecule is CSc1cccc(NC(=O)N2Cc3ccccc3-n3cccc3C2c2ccccc2Cl)c1. The molecule has 0 spiro atoms. The molecule has 6 heteroatoms. The van der Waals surface area contributed by atoms with Gasteiger partial charge < -0.3 is 14.8 Å². The summed E-state index contributed by atoms with van der Waals surface area (Å²) in [6, 6.07) is 27.4. The maximum Gasteiger partial charge on any atom is 0.322 e. The van der Waals surface area contributed by atoms with Crippen LogP contribution in [0.5, 0.6) is 0 Å². The molecule has 0 saturated carbocycles. The lowest BCUT2D eigenvalue weighted by molar-refractivity contribution is 0.194. The van der Waals surface area contributed by atoms with Crippen LogP contribution >= 0.6 is 23.4 Å². The van der Waals surface area contributed by atoms with Gasteiger partial charge in [-0.05, 0) is 59.8 Å². The summed E-state index contributed by atoms with van der Waals surface area (Å²) < 4.78 is 2.16. The molecule has 2 amide bonds. The molecule has 160 valence electrons. The number of nitrogens with zero attached hydrogens (tertiary/aromatic N) is 2. The zero-order valence-corrected chi connectivity index (χ0v) is 19.1. The quantitative estimate of drug-likeness (QED) is 0.335. The Bertz CT molecular complexity index is 1290. The van der Waals surface area contributed by atoms with E-state index in [0.29, 0.717) is 11.6 Å². The molecule has 32 heavy (non-hydrogen) atoms. The van der Waals surface area contributed by atoms with Gasteiger partial charge in [-0.1, -0.05) is 54.1 Å². The monoisotopic (exact) mass is 459 g/mol. The Morgan fingerprint density at radius 3 is 2.66 bits per heavy atom. The Balaban J connectivity index is 1.63. The standard InChI is InChI=1S/C26H22ClN3OS/c1-32-20-10-6-9-19(16-20)28-26(31)30-17-18-8-2-5-13-23(18)29-15-7-14-24(29)25(30)21-11-3-4-12-22(21)27/h2-16,25H,17H2,1H3,(H,28,31). The van der Waals surface area contributed by atoms with Gasteiger partial charge in [0.2, 0.25) is 0 Å². The van der Waals surface area contributed by atoms with Crippen LogP contribution in [0.25, 0.3) is 5.69 Å². The van der Waals surface area contributed by atoms with Gasteiger partial charge in [0.1, 0.15) is 6.04 Å². The van der Waals surface area contributed by atoms with Crippen molar-refractivity contribution < 1.29 is 4.79 Å². The van der Waals surface area contributed by atoms with Crippen molar-refractivity contribution in [3.63, 3.8) is 0 Å². The number of benzene rings is 3. The van der Waals surface area contributed by atoms with Crippen molar-refractivity contribution in [2.24, 2.45) is 0 Å². The first-order chi connectivity index (χ1) is 15.7. The molecular formula is C26H22ClN3OS. The summed E-state index contributed by atoms with van der Waals surface area (Å²) in [7, 11) is 0. The van der Waals surface area contributed by atoms with Crippen LogP contribution in [0.1, 0.15) is 22.9 Å². The molecular weight excluding hydrogens is 438 g/mol. The Hall–Kier alpha value is -3.15. The molecule has 0 fully saturated rings. The normalized spacial score (nSPS) is 14.9. The number of hydrogen-bond acceptors (Lipinski definition) is 2. The largest absolute Gasteiger partial charge is 0.322 e. The predicted octanol–water partition coefficient (Wildman–Crippen LogP) is 6.99. The van der Waals surface area contributed by atoms with Crippen molar-refractivity contribution in [2.75, 3.05) is 11.6 Å². The van der Waals surface area contributed by atoms with E-state index in [4.69, 9.17) is 11.6 Å². The predicted molar refractivity (Wildman–Crippen MR) is 132 cm³/mol. The van der Waals surface area contributed by atoms with Gasteiger partial charge in [0.15, 0.2) is 0 Å². The maximum atomic E-state index is 13.7. The minimum absolute atomic E-state index is 0.169. The summed E-state index contributed by atoms with van der Waals surface area (Å²) in [5.74, 6) is 0. The van der Waals surface area contributed by atoms with E-state index in [-0.39, 0.29) is 12.1 Å². The van der Waals surface area contributed by atoms with E-state index in [9.17, 15) is 4.79 Å². The number of carbonyl (C=O) groups excluding carboxylic acids is 1. The van der Waals surface area contributed by atoms with E-state index in [1.54, 1.807) is 11.8 Å². The minimum atomic E-state index is -0.338. The Labute approximate surface area is 196 Å². The zero-order valence-electron chi connectivity index (χ0n) is 17.5. The molecule has 0 bridgehead atoms. The van der Waals surface area contributed by atoms with Crippen LogP contribution in [0, 0.1) is 0 Å². The Morgan fingerprint density at radius 2 is 1.81 bits per heavy atom. The lowest BCUT2D eigenvalue weighted by Crippen LogP contribution is -2.38. The third-order valence-corrected chi connectivity index (χ3v) is 6.82. The summed E-state index contributed by atoms with van der Waals surface area (Å²) in [6.07, 6.45) is 4.07. The summed E-state index contributed by atoms with van der Waals surface area (Å²) in [5.41, 5.74) is 4.82. The van der Waals surface area contributed by atoms with E-state index in [2.05, 4.69) is 28.1 Å². The molecule has 0 aliphatic carbocycles. The van der Waals surface area contributed by atoms with Crippen LogP contribution in [0.3, 0.4) is 0 Å². The van der Waals surface area contributed by atoms with Crippen molar-refractivity contribution >= 4 is 35.1 Å². The van der Waals surface area contributed by atoms with Crippen LogP contribution in [-0.2, 0) is 6.54 Å². The van der Waals surface area contributed by atoms with Gasteiger partial charge in [-0.25, -0.2) is 4.79 Å². The molecule has 1 N–H and O–H groups in total. The van der Waals surface area contributed by atoms with Crippen LogP contribution < -0.4 is 5.32 Å². The Morgan fingerprint density at radius 1 is 1.00 bits per heavy atom. The molecule has 0 radical (unpaired) electrons. The van der Waals surface area contributed by atoms with Crippen LogP contribution in [0.4, 0.5) is 10.5 Å². The fourth-order valence-electron chi connectivity index (χ4n) is 4.26. The Kier molecular flexibility index (Phi) is 5.68. The number of amides is 2. The molecule has 1 unspecified atom stereocenters. The first-order valence-electron chi connectivity index (χ1n) is 10.4. The van der Waals surface area contributed by atoms with Crippen molar-refractivity contribution in [2.45, 2.75) is 17.5 Å². The van der Waals surface area contributed by atoms with Gasteiger partial charge in [0.25, 0.3) is 0 Å². The number of fused-ring (bicyclic) bond motifs is 3. The molecule has 2 heterocycles. The number of halogens is 1. The van der Waals surface area contributed by atoms with Crippen molar-refractivity contribution in [1.82, 2.24) is 9.47 Å². The molecule has 1 atom stereocenters. The topological polar surface area (TPSA) is 37.3 Å². The number of anilines is 1. The van der Waals surface area contributed by atoms with Gasteiger partial charge in [-0.15, -0.1) is 11.8 Å². The lowest BCUT2D eigenvalue weighted by Gasteiger charge is -2.31. The van der Waals surface area contributed by atoms with Gasteiger partial charge >= 0.3 is 6.03 Å². The van der Waals surface area contributed by atoms with Gasteiger partial charge in [0, 0.05) is 21.8 Å². The average Bonchev–Trinajstić information content (AvgIpc) is 3.24. The third-order valence-electron chi connectivity index (χ3n) is 5.75. The minimum Gasteiger partial charge on any atom is -0.318 e. The smallest absolute Gasteiger partial charge is 0.318 e. The second-order valence-corrected chi connectivity index (χ2v) is 8.93. The fraction of sp³-hybridized carbons (Fsp3) is 0.115. The highest BCUT2D eigenvalue weighted by molar-refractivity contribution is 7.98. The molecule has 4 aromatic rings. The van der Waals surface area contributed by atoms with Crippen molar-refractivity contribution in [3.05, 3.63) is 113 Å². The van der Waals surface area contributed by atoms with E-state index in [1.165, 1.54) is 0 Å². The van der Waals surface area contributed by atoms with E-state index in [1.807, 2.05) is 84.1 Å². The number of thioether (sulfide) groups is 1. The number of nitrogens with one attached hydrogen (secondary N) is 1. The lowest BCUT2D eigenvalue weighted by atomic mass is 10.0. The number of carbonyl (C=O) groups is 1. The molecule has 3 aromatic carbocycles. The third kappa shape index (κ3) is 3.78. The highest BCUT2D eigenvalue weighted by Crippen LogP contribution is 2.39. The molecule has 5 rings (SSSR count). The summed E-state index contributed by atoms with van der Waals surface area (Å²) in [4.78, 5) is 16.7. The molecule has 4 nitrogen and oxygen atoms in total. The van der Waals surface area contributed by atoms with Crippen LogP contribution in [0.15, 0.2) is 96.0 Å². The van der Waals surface area contributed by atoms with E-state index < -0.39 is 0 Å². The number of hydrogen-bond donors (Lipinski definition) is 1. The molecule has 1 aliphatic heterocycles. The summed E-state index contributed by atoms with van der Waals surface area (Å²) in [6.45, 7) is 0.460. The number of rotatable bonds is 3. The second-order valence-electron chi connectivity index (χ2n) is 7.65. The number of para-hydroxylation sites is 1. The zero-order chi connectivity index (χ0) is 22.1. The first kappa shape index (κ1) is 20.7. The molecule has 1 aliphatic rings. The van der Waals surface area contributed by atoms with E-state index in [0.717, 1.165) is 33.1 Å². The van der Waals surface area contributed by atoms with Gasteiger partial charge in [0.05, 0.1) is 17.9 Å².